The summed E-state index contributed by atoms with van der Waals surface area (Å²) in [7, 11) is 1.49. The Morgan fingerprint density at radius 3 is 3.08 bits per heavy atom. The molecule has 1 N–H and O–H groups in total. The minimum absolute atomic E-state index is 0.330. The van der Waals surface area contributed by atoms with Crippen molar-refractivity contribution in [3.05, 3.63) is 24.3 Å². The highest BCUT2D eigenvalue weighted by atomic mass is 19.1. The van der Waals surface area contributed by atoms with Crippen LogP contribution in [-0.4, -0.2) is 17.1 Å². The molecule has 2 aromatic rings. The molecule has 1 heterocycles. The molecule has 62 valence electrons. The molecule has 0 saturated carbocycles. The Labute approximate surface area is 68.2 Å². The van der Waals surface area contributed by atoms with Crippen LogP contribution in [0.25, 0.3) is 11.0 Å². The molecule has 0 amide bonds. The first-order chi connectivity index (χ1) is 5.81. The number of methoxy groups -OCH3 is 1. The van der Waals surface area contributed by atoms with Crippen molar-refractivity contribution in [2.75, 3.05) is 7.11 Å². The van der Waals surface area contributed by atoms with Gasteiger partial charge in [-0.25, -0.2) is 9.37 Å². The van der Waals surface area contributed by atoms with E-state index < -0.39 is 0 Å². The maximum atomic E-state index is 12.8. The van der Waals surface area contributed by atoms with Gasteiger partial charge in [0, 0.05) is 6.07 Å². The number of aromatic nitrogens is 2. The van der Waals surface area contributed by atoms with Crippen LogP contribution in [0.1, 0.15) is 0 Å². The fraction of sp³-hybridized carbons (Fsp3) is 0.125. The summed E-state index contributed by atoms with van der Waals surface area (Å²) in [6.45, 7) is 0. The summed E-state index contributed by atoms with van der Waals surface area (Å²) >= 11 is 0. The van der Waals surface area contributed by atoms with E-state index in [-0.39, 0.29) is 5.82 Å². The molecule has 1 aromatic carbocycles. The summed E-state index contributed by atoms with van der Waals surface area (Å²) in [5, 5.41) is 0. The van der Waals surface area contributed by atoms with Crippen LogP contribution in [-0.2, 0) is 0 Å². The SMILES string of the molecule is COc1cc(F)cc2[nH]cnc12. The molecule has 1 aromatic heterocycles. The third-order valence-corrected chi connectivity index (χ3v) is 1.67. The number of benzene rings is 1. The molecule has 2 rings (SSSR count). The first-order valence-corrected chi connectivity index (χ1v) is 3.48. The molecule has 0 spiro atoms. The molecule has 0 aliphatic rings. The summed E-state index contributed by atoms with van der Waals surface area (Å²) < 4.78 is 17.8. The van der Waals surface area contributed by atoms with E-state index in [0.717, 1.165) is 0 Å². The van der Waals surface area contributed by atoms with Crippen molar-refractivity contribution in [3.8, 4) is 5.75 Å². The minimum Gasteiger partial charge on any atom is -0.494 e. The van der Waals surface area contributed by atoms with Gasteiger partial charge in [0.1, 0.15) is 17.1 Å². The van der Waals surface area contributed by atoms with Crippen molar-refractivity contribution >= 4 is 11.0 Å². The van der Waals surface area contributed by atoms with E-state index in [1.165, 1.54) is 25.6 Å². The zero-order valence-corrected chi connectivity index (χ0v) is 6.47. The third-order valence-electron chi connectivity index (χ3n) is 1.67. The summed E-state index contributed by atoms with van der Waals surface area (Å²) in [4.78, 5) is 6.79. The van der Waals surface area contributed by atoms with Crippen LogP contribution in [0, 0.1) is 5.82 Å². The van der Waals surface area contributed by atoms with Gasteiger partial charge in [-0.2, -0.15) is 0 Å². The zero-order chi connectivity index (χ0) is 8.55. The van der Waals surface area contributed by atoms with Gasteiger partial charge in [-0.15, -0.1) is 0 Å². The van der Waals surface area contributed by atoms with Crippen LogP contribution in [0.4, 0.5) is 4.39 Å². The fourth-order valence-electron chi connectivity index (χ4n) is 1.14. The highest BCUT2D eigenvalue weighted by Crippen LogP contribution is 2.23. The van der Waals surface area contributed by atoms with Gasteiger partial charge in [0.15, 0.2) is 0 Å². The Morgan fingerprint density at radius 1 is 1.50 bits per heavy atom. The van der Waals surface area contributed by atoms with Crippen molar-refractivity contribution < 1.29 is 9.13 Å². The van der Waals surface area contributed by atoms with Gasteiger partial charge in [0.25, 0.3) is 0 Å². The summed E-state index contributed by atoms with van der Waals surface area (Å²) in [5.41, 5.74) is 1.30. The molecule has 0 saturated heterocycles. The molecule has 0 unspecified atom stereocenters. The van der Waals surface area contributed by atoms with Crippen LogP contribution in [0.2, 0.25) is 0 Å². The second-order valence-electron chi connectivity index (χ2n) is 2.41. The Balaban J connectivity index is 2.80. The number of aromatic amines is 1. The lowest BCUT2D eigenvalue weighted by molar-refractivity contribution is 0.415. The van der Waals surface area contributed by atoms with Crippen molar-refractivity contribution in [2.45, 2.75) is 0 Å². The normalized spacial score (nSPS) is 10.5. The number of hydrogen-bond donors (Lipinski definition) is 1. The van der Waals surface area contributed by atoms with Crippen molar-refractivity contribution in [1.82, 2.24) is 9.97 Å². The number of H-pyrrole nitrogens is 1. The maximum Gasteiger partial charge on any atom is 0.149 e. The van der Waals surface area contributed by atoms with Crippen LogP contribution >= 0.6 is 0 Å². The summed E-state index contributed by atoms with van der Waals surface area (Å²) in [6.07, 6.45) is 1.51. The third kappa shape index (κ3) is 0.922. The molecule has 0 aliphatic heterocycles. The largest absolute Gasteiger partial charge is 0.494 e. The average Bonchev–Trinajstić information content (AvgIpc) is 2.50. The van der Waals surface area contributed by atoms with Crippen LogP contribution in [0.5, 0.6) is 5.75 Å². The van der Waals surface area contributed by atoms with Crippen molar-refractivity contribution in [3.63, 3.8) is 0 Å². The Morgan fingerprint density at radius 2 is 2.33 bits per heavy atom. The van der Waals surface area contributed by atoms with Gasteiger partial charge < -0.3 is 9.72 Å². The molecule has 3 nitrogen and oxygen atoms in total. The molecule has 4 heteroatoms. The smallest absolute Gasteiger partial charge is 0.149 e. The Hall–Kier alpha value is -1.58. The fourth-order valence-corrected chi connectivity index (χ4v) is 1.14. The Kier molecular flexibility index (Phi) is 1.46. The van der Waals surface area contributed by atoms with Gasteiger partial charge in [-0.05, 0) is 6.07 Å². The first-order valence-electron chi connectivity index (χ1n) is 3.48. The highest BCUT2D eigenvalue weighted by Gasteiger charge is 2.05. The topological polar surface area (TPSA) is 37.9 Å². The highest BCUT2D eigenvalue weighted by molar-refractivity contribution is 5.81. The quantitative estimate of drug-likeness (QED) is 0.700. The van der Waals surface area contributed by atoms with E-state index >= 15 is 0 Å². The van der Waals surface area contributed by atoms with Gasteiger partial charge in [0.2, 0.25) is 0 Å². The molecule has 0 bridgehead atoms. The zero-order valence-electron chi connectivity index (χ0n) is 6.47. The first kappa shape index (κ1) is 7.09. The summed E-state index contributed by atoms with van der Waals surface area (Å²) in [6, 6.07) is 2.69. The van der Waals surface area contributed by atoms with Gasteiger partial charge in [-0.1, -0.05) is 0 Å². The van der Waals surface area contributed by atoms with Crippen molar-refractivity contribution in [1.29, 1.82) is 0 Å². The summed E-state index contributed by atoms with van der Waals surface area (Å²) in [5.74, 6) is 0.120. The Bertz CT molecular complexity index is 410. The number of ether oxygens (including phenoxy) is 1. The second-order valence-corrected chi connectivity index (χ2v) is 2.41. The van der Waals surface area contributed by atoms with E-state index in [1.54, 1.807) is 0 Å². The lowest BCUT2D eigenvalue weighted by Crippen LogP contribution is -1.86. The molecular formula is C8H7FN2O. The van der Waals surface area contributed by atoms with Crippen LogP contribution in [0.15, 0.2) is 18.5 Å². The number of rotatable bonds is 1. The van der Waals surface area contributed by atoms with E-state index in [2.05, 4.69) is 9.97 Å². The van der Waals surface area contributed by atoms with E-state index in [0.29, 0.717) is 16.8 Å². The van der Waals surface area contributed by atoms with Gasteiger partial charge >= 0.3 is 0 Å². The molecule has 0 radical (unpaired) electrons. The number of nitrogens with zero attached hydrogens (tertiary/aromatic N) is 1. The van der Waals surface area contributed by atoms with E-state index in [9.17, 15) is 4.39 Å². The van der Waals surface area contributed by atoms with Crippen LogP contribution in [0.3, 0.4) is 0 Å². The maximum absolute atomic E-state index is 12.8. The molecule has 0 aliphatic carbocycles. The van der Waals surface area contributed by atoms with Crippen molar-refractivity contribution in [2.24, 2.45) is 0 Å². The van der Waals surface area contributed by atoms with Gasteiger partial charge in [0.05, 0.1) is 19.0 Å². The van der Waals surface area contributed by atoms with Crippen LogP contribution < -0.4 is 4.74 Å². The van der Waals surface area contributed by atoms with Gasteiger partial charge in [-0.3, -0.25) is 0 Å². The second kappa shape index (κ2) is 2.48. The standard InChI is InChI=1S/C8H7FN2O/c1-12-7-3-5(9)2-6-8(7)11-4-10-6/h2-4H,1H3,(H,10,11). The van der Waals surface area contributed by atoms with E-state index in [4.69, 9.17) is 4.74 Å². The minimum atomic E-state index is -0.330. The molecular weight excluding hydrogens is 159 g/mol. The predicted octanol–water partition coefficient (Wildman–Crippen LogP) is 1.71. The lowest BCUT2D eigenvalue weighted by atomic mass is 10.3. The molecule has 12 heavy (non-hydrogen) atoms. The number of imidazole rings is 1. The lowest BCUT2D eigenvalue weighted by Gasteiger charge is -1.99. The number of halogens is 1. The number of fused-ring (bicyclic) bond motifs is 1. The van der Waals surface area contributed by atoms with E-state index in [1.807, 2.05) is 0 Å². The molecule has 0 fully saturated rings. The monoisotopic (exact) mass is 166 g/mol. The number of nitrogens with one attached hydrogen (secondary N) is 1. The predicted molar refractivity (Wildman–Crippen MR) is 42.6 cm³/mol. The molecule has 0 atom stereocenters. The number of hydrogen-bond acceptors (Lipinski definition) is 2. The average molecular weight is 166 g/mol.